The predicted molar refractivity (Wildman–Crippen MR) is 56.9 cm³/mol. The van der Waals surface area contributed by atoms with Crippen molar-refractivity contribution in [1.29, 1.82) is 0 Å². The van der Waals surface area contributed by atoms with E-state index in [0.29, 0.717) is 10.5 Å². The monoisotopic (exact) mass is 221 g/mol. The van der Waals surface area contributed by atoms with Gasteiger partial charge in [-0.05, 0) is 29.8 Å². The zero-order valence-electron chi connectivity index (χ0n) is 7.76. The third kappa shape index (κ3) is 2.19. The molecule has 0 unspecified atom stereocenters. The van der Waals surface area contributed by atoms with E-state index in [1.54, 1.807) is 24.3 Å². The van der Waals surface area contributed by atoms with E-state index in [1.807, 2.05) is 18.2 Å². The number of para-hydroxylation sites is 1. The first-order valence-electron chi connectivity index (χ1n) is 4.38. The maximum atomic E-state index is 11.4. The highest BCUT2D eigenvalue weighted by molar-refractivity contribution is 6.28. The number of halogens is 1. The van der Waals surface area contributed by atoms with Gasteiger partial charge in [-0.25, -0.2) is 0 Å². The summed E-state index contributed by atoms with van der Waals surface area (Å²) in [5, 5.41) is 11.5. The standard InChI is InChI=1S/C11H8ClNO2/c12-10-7-4-8-11(13(10)14)15-9-5-2-1-3-6-9/h1-8H. The molecule has 4 heteroatoms. The normalized spacial score (nSPS) is 9.93. The van der Waals surface area contributed by atoms with Gasteiger partial charge in [0.1, 0.15) is 5.75 Å². The van der Waals surface area contributed by atoms with Crippen LogP contribution in [0.3, 0.4) is 0 Å². The quantitative estimate of drug-likeness (QED) is 0.444. The lowest BCUT2D eigenvalue weighted by Gasteiger charge is -2.06. The van der Waals surface area contributed by atoms with Crippen molar-refractivity contribution in [3.05, 3.63) is 58.9 Å². The molecule has 0 fully saturated rings. The second kappa shape index (κ2) is 4.19. The van der Waals surface area contributed by atoms with Crippen LogP contribution in [0.4, 0.5) is 0 Å². The molecule has 0 radical (unpaired) electrons. The summed E-state index contributed by atoms with van der Waals surface area (Å²) in [4.78, 5) is 0. The fraction of sp³-hybridized carbons (Fsp3) is 0. The fourth-order valence-corrected chi connectivity index (χ4v) is 1.29. The minimum atomic E-state index is 0.0865. The second-order valence-electron chi connectivity index (χ2n) is 2.90. The average Bonchev–Trinajstić information content (AvgIpc) is 2.26. The number of pyridine rings is 1. The summed E-state index contributed by atoms with van der Waals surface area (Å²) in [5.74, 6) is 0.762. The van der Waals surface area contributed by atoms with Crippen LogP contribution >= 0.6 is 11.6 Å². The van der Waals surface area contributed by atoms with E-state index in [1.165, 1.54) is 6.07 Å². The molecule has 0 atom stereocenters. The number of benzene rings is 1. The maximum absolute atomic E-state index is 11.4. The molecule has 3 nitrogen and oxygen atoms in total. The van der Waals surface area contributed by atoms with Crippen molar-refractivity contribution in [1.82, 2.24) is 0 Å². The lowest BCUT2D eigenvalue weighted by Crippen LogP contribution is -2.29. The molecule has 0 aliphatic rings. The number of aromatic nitrogens is 1. The predicted octanol–water partition coefficient (Wildman–Crippen LogP) is 2.77. The molecule has 15 heavy (non-hydrogen) atoms. The van der Waals surface area contributed by atoms with Gasteiger partial charge in [-0.1, -0.05) is 18.2 Å². The summed E-state index contributed by atoms with van der Waals surface area (Å²) in [6, 6.07) is 13.8. The van der Waals surface area contributed by atoms with E-state index in [2.05, 4.69) is 0 Å². The molecule has 1 aromatic carbocycles. The van der Waals surface area contributed by atoms with Crippen LogP contribution in [0.15, 0.2) is 48.5 Å². The number of rotatable bonds is 2. The zero-order chi connectivity index (χ0) is 10.7. The highest BCUT2D eigenvalue weighted by Crippen LogP contribution is 2.18. The van der Waals surface area contributed by atoms with E-state index in [-0.39, 0.29) is 11.0 Å². The first-order valence-corrected chi connectivity index (χ1v) is 4.76. The minimum absolute atomic E-state index is 0.0865. The van der Waals surface area contributed by atoms with Crippen molar-refractivity contribution >= 4 is 11.6 Å². The Morgan fingerprint density at radius 1 is 1.00 bits per heavy atom. The average molecular weight is 222 g/mol. The molecular weight excluding hydrogens is 214 g/mol. The highest BCUT2D eigenvalue weighted by atomic mass is 35.5. The molecule has 76 valence electrons. The third-order valence-corrected chi connectivity index (χ3v) is 2.11. The molecule has 0 N–H and O–H groups in total. The topological polar surface area (TPSA) is 36.2 Å². The van der Waals surface area contributed by atoms with Crippen molar-refractivity contribution in [2.75, 3.05) is 0 Å². The lowest BCUT2D eigenvalue weighted by atomic mass is 10.3. The summed E-state index contributed by atoms with van der Waals surface area (Å²) in [5.41, 5.74) is 0. The van der Waals surface area contributed by atoms with Gasteiger partial charge in [0.05, 0.1) is 6.07 Å². The molecule has 0 aliphatic carbocycles. The Balaban J connectivity index is 2.29. The van der Waals surface area contributed by atoms with Gasteiger partial charge in [-0.3, -0.25) is 0 Å². The molecule has 1 aromatic heterocycles. The minimum Gasteiger partial charge on any atom is -0.615 e. The summed E-state index contributed by atoms with van der Waals surface area (Å²) < 4.78 is 5.89. The van der Waals surface area contributed by atoms with Crippen LogP contribution in [-0.2, 0) is 0 Å². The largest absolute Gasteiger partial charge is 0.615 e. The van der Waals surface area contributed by atoms with Crippen LogP contribution in [0, 0.1) is 5.21 Å². The van der Waals surface area contributed by atoms with Gasteiger partial charge >= 0.3 is 5.88 Å². The molecule has 0 amide bonds. The highest BCUT2D eigenvalue weighted by Gasteiger charge is 2.10. The van der Waals surface area contributed by atoms with Gasteiger partial charge in [0.15, 0.2) is 0 Å². The Hall–Kier alpha value is -1.74. The van der Waals surface area contributed by atoms with Gasteiger partial charge in [0.25, 0.3) is 5.15 Å². The lowest BCUT2D eigenvalue weighted by molar-refractivity contribution is -0.608. The molecule has 0 saturated carbocycles. The Morgan fingerprint density at radius 3 is 2.47 bits per heavy atom. The van der Waals surface area contributed by atoms with Gasteiger partial charge < -0.3 is 9.94 Å². The van der Waals surface area contributed by atoms with Gasteiger partial charge in [-0.2, -0.15) is 0 Å². The molecule has 0 spiro atoms. The maximum Gasteiger partial charge on any atom is 0.386 e. The Bertz CT molecular complexity index is 459. The van der Waals surface area contributed by atoms with E-state index < -0.39 is 0 Å². The van der Waals surface area contributed by atoms with Crippen LogP contribution in [0.5, 0.6) is 11.6 Å². The molecule has 0 saturated heterocycles. The second-order valence-corrected chi connectivity index (χ2v) is 3.28. The van der Waals surface area contributed by atoms with Crippen LogP contribution < -0.4 is 9.47 Å². The molecule has 2 aromatic rings. The number of nitrogens with zero attached hydrogens (tertiary/aromatic N) is 1. The number of hydrogen-bond acceptors (Lipinski definition) is 2. The Kier molecular flexibility index (Phi) is 2.74. The molecule has 0 bridgehead atoms. The van der Waals surface area contributed by atoms with Crippen molar-refractivity contribution in [3.8, 4) is 11.6 Å². The number of ether oxygens (including phenoxy) is 1. The van der Waals surface area contributed by atoms with Gasteiger partial charge in [-0.15, -0.1) is 4.73 Å². The summed E-state index contributed by atoms with van der Waals surface area (Å²) in [6.45, 7) is 0. The van der Waals surface area contributed by atoms with Gasteiger partial charge in [0, 0.05) is 6.07 Å². The molecule has 2 rings (SSSR count). The van der Waals surface area contributed by atoms with E-state index >= 15 is 0 Å². The van der Waals surface area contributed by atoms with E-state index in [9.17, 15) is 5.21 Å². The van der Waals surface area contributed by atoms with Crippen molar-refractivity contribution in [3.63, 3.8) is 0 Å². The van der Waals surface area contributed by atoms with Crippen molar-refractivity contribution < 1.29 is 9.47 Å². The summed E-state index contributed by atoms with van der Waals surface area (Å²) >= 11 is 5.65. The van der Waals surface area contributed by atoms with Crippen LogP contribution in [0.1, 0.15) is 0 Å². The Morgan fingerprint density at radius 2 is 1.73 bits per heavy atom. The van der Waals surface area contributed by atoms with Crippen LogP contribution in [0.2, 0.25) is 5.15 Å². The summed E-state index contributed by atoms with van der Waals surface area (Å²) in [6.07, 6.45) is 0. The molecular formula is C11H8ClNO2. The zero-order valence-corrected chi connectivity index (χ0v) is 8.52. The first kappa shape index (κ1) is 9.80. The van der Waals surface area contributed by atoms with Crippen molar-refractivity contribution in [2.45, 2.75) is 0 Å². The summed E-state index contributed by atoms with van der Waals surface area (Å²) in [7, 11) is 0. The molecule has 0 aliphatic heterocycles. The van der Waals surface area contributed by atoms with Crippen LogP contribution in [0.25, 0.3) is 0 Å². The fourth-order valence-electron chi connectivity index (χ4n) is 1.14. The van der Waals surface area contributed by atoms with E-state index in [4.69, 9.17) is 16.3 Å². The van der Waals surface area contributed by atoms with Crippen molar-refractivity contribution in [2.24, 2.45) is 0 Å². The number of hydrogen-bond donors (Lipinski definition) is 0. The van der Waals surface area contributed by atoms with Gasteiger partial charge in [0.2, 0.25) is 0 Å². The third-order valence-electron chi connectivity index (χ3n) is 1.83. The van der Waals surface area contributed by atoms with Crippen LogP contribution in [-0.4, -0.2) is 0 Å². The molecule has 1 heterocycles. The Labute approximate surface area is 92.1 Å². The first-order chi connectivity index (χ1) is 7.27. The van der Waals surface area contributed by atoms with E-state index in [0.717, 1.165) is 0 Å². The SMILES string of the molecule is [O-][n+]1c(Cl)cccc1Oc1ccccc1. The smallest absolute Gasteiger partial charge is 0.386 e.